The zero-order valence-electron chi connectivity index (χ0n) is 14.2. The molecule has 120 valence electrons. The minimum absolute atomic E-state index is 0.300. The molecular formula is C22H22N2. The summed E-state index contributed by atoms with van der Waals surface area (Å²) in [7, 11) is 2.14. The molecule has 0 bridgehead atoms. The van der Waals surface area contributed by atoms with E-state index in [0.29, 0.717) is 6.04 Å². The van der Waals surface area contributed by atoms with Crippen LogP contribution in [0.4, 0.5) is 0 Å². The number of nitrogens with zero attached hydrogens (tertiary/aromatic N) is 1. The number of hydrogen-bond acceptors (Lipinski definition) is 1. The van der Waals surface area contributed by atoms with Crippen LogP contribution in [0.5, 0.6) is 0 Å². The number of benzene rings is 3. The van der Waals surface area contributed by atoms with Gasteiger partial charge in [-0.2, -0.15) is 0 Å². The first-order chi connectivity index (χ1) is 11.7. The van der Waals surface area contributed by atoms with Crippen molar-refractivity contribution in [1.82, 2.24) is 9.88 Å². The van der Waals surface area contributed by atoms with Gasteiger partial charge in [-0.05, 0) is 40.8 Å². The summed E-state index contributed by atoms with van der Waals surface area (Å²) < 4.78 is 2.28. The second-order valence-electron chi connectivity index (χ2n) is 6.42. The maximum absolute atomic E-state index is 3.69. The van der Waals surface area contributed by atoms with Gasteiger partial charge in [0.1, 0.15) is 0 Å². The topological polar surface area (TPSA) is 17.0 Å². The summed E-state index contributed by atoms with van der Waals surface area (Å²) in [4.78, 5) is 0. The zero-order valence-corrected chi connectivity index (χ0v) is 14.2. The molecule has 4 rings (SSSR count). The molecule has 2 heteroatoms. The van der Waals surface area contributed by atoms with Gasteiger partial charge in [0, 0.05) is 30.8 Å². The monoisotopic (exact) mass is 314 g/mol. The van der Waals surface area contributed by atoms with Crippen LogP contribution in [0.2, 0.25) is 0 Å². The Morgan fingerprint density at radius 2 is 1.58 bits per heavy atom. The molecule has 0 aliphatic rings. The van der Waals surface area contributed by atoms with Gasteiger partial charge in [0.2, 0.25) is 0 Å². The normalized spacial score (nSPS) is 12.8. The van der Waals surface area contributed by atoms with E-state index in [1.54, 1.807) is 0 Å². The van der Waals surface area contributed by atoms with E-state index in [1.165, 1.54) is 32.9 Å². The summed E-state index contributed by atoms with van der Waals surface area (Å²) in [6.45, 7) is 3.10. The van der Waals surface area contributed by atoms with E-state index in [4.69, 9.17) is 0 Å². The Morgan fingerprint density at radius 1 is 0.875 bits per heavy atom. The van der Waals surface area contributed by atoms with E-state index in [9.17, 15) is 0 Å². The first-order valence-corrected chi connectivity index (χ1v) is 8.48. The minimum Gasteiger partial charge on any atom is -0.346 e. The van der Waals surface area contributed by atoms with Crippen molar-refractivity contribution >= 4 is 21.7 Å². The van der Waals surface area contributed by atoms with Crippen LogP contribution in [-0.2, 0) is 13.6 Å². The van der Waals surface area contributed by atoms with Gasteiger partial charge in [0.05, 0.1) is 0 Å². The second-order valence-corrected chi connectivity index (χ2v) is 6.42. The zero-order chi connectivity index (χ0) is 16.5. The molecular weight excluding hydrogens is 292 g/mol. The van der Waals surface area contributed by atoms with Crippen LogP contribution in [0.15, 0.2) is 72.8 Å². The van der Waals surface area contributed by atoms with Gasteiger partial charge in [-0.3, -0.25) is 0 Å². The molecule has 4 aromatic rings. The van der Waals surface area contributed by atoms with Crippen molar-refractivity contribution in [2.24, 2.45) is 7.05 Å². The number of rotatable bonds is 4. The molecule has 3 aromatic carbocycles. The Kier molecular flexibility index (Phi) is 3.83. The van der Waals surface area contributed by atoms with Crippen molar-refractivity contribution in [2.75, 3.05) is 0 Å². The smallest absolute Gasteiger partial charge is 0.0480 e. The van der Waals surface area contributed by atoms with Crippen molar-refractivity contribution in [3.05, 3.63) is 84.1 Å². The average Bonchev–Trinajstić information content (AvgIpc) is 2.95. The SMILES string of the molecule is CC(NCc1cc2ccccc2n1C)c1cccc2ccccc12. The summed E-state index contributed by atoms with van der Waals surface area (Å²) >= 11 is 0. The number of para-hydroxylation sites is 1. The highest BCUT2D eigenvalue weighted by molar-refractivity contribution is 5.86. The molecule has 0 aliphatic heterocycles. The third-order valence-corrected chi connectivity index (χ3v) is 4.93. The van der Waals surface area contributed by atoms with Crippen molar-refractivity contribution in [1.29, 1.82) is 0 Å². The average molecular weight is 314 g/mol. The third-order valence-electron chi connectivity index (χ3n) is 4.93. The summed E-state index contributed by atoms with van der Waals surface area (Å²) in [5.74, 6) is 0. The Hall–Kier alpha value is -2.58. The summed E-state index contributed by atoms with van der Waals surface area (Å²) in [6, 6.07) is 26.3. The van der Waals surface area contributed by atoms with Gasteiger partial charge >= 0.3 is 0 Å². The summed E-state index contributed by atoms with van der Waals surface area (Å²) in [6.07, 6.45) is 0. The van der Waals surface area contributed by atoms with E-state index in [-0.39, 0.29) is 0 Å². The Bertz CT molecular complexity index is 992. The molecule has 1 N–H and O–H groups in total. The van der Waals surface area contributed by atoms with Gasteiger partial charge < -0.3 is 9.88 Å². The fraction of sp³-hybridized carbons (Fsp3) is 0.182. The predicted molar refractivity (Wildman–Crippen MR) is 102 cm³/mol. The summed E-state index contributed by atoms with van der Waals surface area (Å²) in [5, 5.41) is 7.62. The molecule has 0 saturated carbocycles. The van der Waals surface area contributed by atoms with Gasteiger partial charge in [-0.15, -0.1) is 0 Å². The molecule has 0 spiro atoms. The van der Waals surface area contributed by atoms with Crippen LogP contribution >= 0.6 is 0 Å². The lowest BCUT2D eigenvalue weighted by Gasteiger charge is -2.17. The van der Waals surface area contributed by atoms with Gasteiger partial charge in [0.25, 0.3) is 0 Å². The number of fused-ring (bicyclic) bond motifs is 2. The molecule has 0 fully saturated rings. The van der Waals surface area contributed by atoms with E-state index in [2.05, 4.69) is 96.7 Å². The molecule has 2 nitrogen and oxygen atoms in total. The Labute approximate surface area is 142 Å². The number of nitrogens with one attached hydrogen (secondary N) is 1. The van der Waals surface area contributed by atoms with Crippen LogP contribution in [0.3, 0.4) is 0 Å². The lowest BCUT2D eigenvalue weighted by atomic mass is 10.00. The van der Waals surface area contributed by atoms with E-state index < -0.39 is 0 Å². The molecule has 0 aliphatic carbocycles. The van der Waals surface area contributed by atoms with Crippen molar-refractivity contribution < 1.29 is 0 Å². The Balaban J connectivity index is 1.59. The number of hydrogen-bond donors (Lipinski definition) is 1. The van der Waals surface area contributed by atoms with Gasteiger partial charge in [-0.25, -0.2) is 0 Å². The molecule has 1 aromatic heterocycles. The second kappa shape index (κ2) is 6.14. The molecule has 0 amide bonds. The maximum Gasteiger partial charge on any atom is 0.0480 e. The van der Waals surface area contributed by atoms with Crippen LogP contribution < -0.4 is 5.32 Å². The lowest BCUT2D eigenvalue weighted by molar-refractivity contribution is 0.562. The molecule has 24 heavy (non-hydrogen) atoms. The molecule has 0 saturated heterocycles. The van der Waals surface area contributed by atoms with Crippen LogP contribution in [0.25, 0.3) is 21.7 Å². The van der Waals surface area contributed by atoms with E-state index in [0.717, 1.165) is 6.54 Å². The first kappa shape index (κ1) is 15.0. The first-order valence-electron chi connectivity index (χ1n) is 8.48. The lowest BCUT2D eigenvalue weighted by Crippen LogP contribution is -2.19. The van der Waals surface area contributed by atoms with Crippen molar-refractivity contribution in [3.63, 3.8) is 0 Å². The fourth-order valence-electron chi connectivity index (χ4n) is 3.51. The highest BCUT2D eigenvalue weighted by Crippen LogP contribution is 2.25. The van der Waals surface area contributed by atoms with Gasteiger partial charge in [0.15, 0.2) is 0 Å². The molecule has 1 heterocycles. The fourth-order valence-corrected chi connectivity index (χ4v) is 3.51. The Morgan fingerprint density at radius 3 is 2.42 bits per heavy atom. The molecule has 1 atom stereocenters. The largest absolute Gasteiger partial charge is 0.346 e. The highest BCUT2D eigenvalue weighted by Gasteiger charge is 2.10. The maximum atomic E-state index is 3.69. The highest BCUT2D eigenvalue weighted by atomic mass is 15.0. The molecule has 1 unspecified atom stereocenters. The third kappa shape index (κ3) is 2.59. The van der Waals surface area contributed by atoms with E-state index >= 15 is 0 Å². The standard InChI is InChI=1S/C22H22N2/c1-16(20-12-7-10-17-8-3-5-11-21(17)20)23-15-19-14-18-9-4-6-13-22(18)24(19)2/h3-14,16,23H,15H2,1-2H3. The van der Waals surface area contributed by atoms with Crippen molar-refractivity contribution in [2.45, 2.75) is 19.5 Å². The summed E-state index contributed by atoms with van der Waals surface area (Å²) in [5.41, 5.74) is 3.95. The van der Waals surface area contributed by atoms with Crippen LogP contribution in [-0.4, -0.2) is 4.57 Å². The quantitative estimate of drug-likeness (QED) is 0.549. The van der Waals surface area contributed by atoms with Gasteiger partial charge in [-0.1, -0.05) is 60.7 Å². The number of aromatic nitrogens is 1. The number of aryl methyl sites for hydroxylation is 1. The van der Waals surface area contributed by atoms with Crippen LogP contribution in [0, 0.1) is 0 Å². The van der Waals surface area contributed by atoms with Crippen LogP contribution in [0.1, 0.15) is 24.2 Å². The van der Waals surface area contributed by atoms with Crippen molar-refractivity contribution in [3.8, 4) is 0 Å². The molecule has 0 radical (unpaired) electrons. The minimum atomic E-state index is 0.300. The van der Waals surface area contributed by atoms with E-state index in [1.807, 2.05) is 0 Å². The predicted octanol–water partition coefficient (Wildman–Crippen LogP) is 5.18.